The fourth-order valence-electron chi connectivity index (χ4n) is 4.61. The first-order chi connectivity index (χ1) is 19.5. The molecule has 1 fully saturated rings. The highest BCUT2D eigenvalue weighted by atomic mass is 35.5. The SMILES string of the molecule is [CH2]C1CCN(CCCOc2cc3ncnc(Nc4ccc(NC(=O)c5cccc(Cl)c5)nc4)c3cc2OC)CC1. The van der Waals surface area contributed by atoms with Crippen LogP contribution in [0.3, 0.4) is 0 Å². The monoisotopic (exact) mass is 559 g/mol. The molecule has 1 amide bonds. The summed E-state index contributed by atoms with van der Waals surface area (Å²) in [5.41, 5.74) is 1.88. The minimum atomic E-state index is -0.290. The number of aromatic nitrogens is 3. The van der Waals surface area contributed by atoms with Crippen LogP contribution in [0.4, 0.5) is 17.3 Å². The highest BCUT2D eigenvalue weighted by Crippen LogP contribution is 2.35. The van der Waals surface area contributed by atoms with Crippen LogP contribution in [0.5, 0.6) is 11.5 Å². The van der Waals surface area contributed by atoms with Gasteiger partial charge >= 0.3 is 0 Å². The second-order valence-corrected chi connectivity index (χ2v) is 10.2. The molecule has 9 nitrogen and oxygen atoms in total. The van der Waals surface area contributed by atoms with Crippen molar-refractivity contribution < 1.29 is 14.3 Å². The number of anilines is 3. The van der Waals surface area contributed by atoms with Gasteiger partial charge in [0.2, 0.25) is 0 Å². The number of hydrogen-bond donors (Lipinski definition) is 2. The van der Waals surface area contributed by atoms with Gasteiger partial charge in [-0.25, -0.2) is 15.0 Å². The first kappa shape index (κ1) is 27.6. The summed E-state index contributed by atoms with van der Waals surface area (Å²) in [6.45, 7) is 7.98. The first-order valence-electron chi connectivity index (χ1n) is 13.3. The number of benzene rings is 2. The van der Waals surface area contributed by atoms with Gasteiger partial charge in [0.15, 0.2) is 11.5 Å². The van der Waals surface area contributed by atoms with Crippen LogP contribution in [0, 0.1) is 12.8 Å². The van der Waals surface area contributed by atoms with Gasteiger partial charge in [0.1, 0.15) is 18.0 Å². The van der Waals surface area contributed by atoms with Crippen molar-refractivity contribution >= 4 is 45.7 Å². The standard InChI is InChI=1S/C30H32ClN6O3/c1-20-9-12-37(13-10-20)11-4-14-40-27-17-25-24(16-26(27)39-2)29(34-19-33-25)35-23-7-8-28(32-18-23)36-30(38)21-5-3-6-22(31)15-21/h3,5-8,15-20H,1,4,9-14H2,2H3,(H,32,36,38)(H,33,34,35). The predicted molar refractivity (Wildman–Crippen MR) is 158 cm³/mol. The lowest BCUT2D eigenvalue weighted by atomic mass is 9.99. The summed E-state index contributed by atoms with van der Waals surface area (Å²) in [4.78, 5) is 28.2. The Morgan fingerprint density at radius 3 is 2.70 bits per heavy atom. The van der Waals surface area contributed by atoms with Crippen LogP contribution in [0.2, 0.25) is 5.02 Å². The molecule has 2 aromatic carbocycles. The van der Waals surface area contributed by atoms with E-state index < -0.39 is 0 Å². The van der Waals surface area contributed by atoms with Gasteiger partial charge in [-0.3, -0.25) is 4.79 Å². The summed E-state index contributed by atoms with van der Waals surface area (Å²) < 4.78 is 11.7. The summed E-state index contributed by atoms with van der Waals surface area (Å²) in [6.07, 6.45) is 6.38. The van der Waals surface area contributed by atoms with Crippen molar-refractivity contribution in [1.82, 2.24) is 19.9 Å². The number of hydrogen-bond acceptors (Lipinski definition) is 8. The molecule has 1 aliphatic rings. The van der Waals surface area contributed by atoms with Gasteiger partial charge in [-0.1, -0.05) is 24.6 Å². The Morgan fingerprint density at radius 2 is 1.95 bits per heavy atom. The molecule has 1 radical (unpaired) electrons. The van der Waals surface area contributed by atoms with E-state index >= 15 is 0 Å². The molecular weight excluding hydrogens is 528 g/mol. The van der Waals surface area contributed by atoms with E-state index in [-0.39, 0.29) is 5.91 Å². The number of likely N-dealkylation sites (tertiary alicyclic amines) is 1. The number of amides is 1. The number of nitrogens with zero attached hydrogens (tertiary/aromatic N) is 4. The van der Waals surface area contributed by atoms with E-state index in [9.17, 15) is 4.79 Å². The summed E-state index contributed by atoms with van der Waals surface area (Å²) in [5, 5.41) is 7.32. The Bertz CT molecular complexity index is 1460. The molecule has 0 bridgehead atoms. The predicted octanol–water partition coefficient (Wildman–Crippen LogP) is 6.00. The van der Waals surface area contributed by atoms with Gasteiger partial charge in [-0.05, 0) is 74.7 Å². The van der Waals surface area contributed by atoms with Crippen molar-refractivity contribution in [3.63, 3.8) is 0 Å². The average Bonchev–Trinajstić information content (AvgIpc) is 2.97. The lowest BCUT2D eigenvalue weighted by Gasteiger charge is -2.29. The quantitative estimate of drug-likeness (QED) is 0.228. The normalized spacial score (nSPS) is 14.2. The lowest BCUT2D eigenvalue weighted by molar-refractivity contribution is 0.102. The van der Waals surface area contributed by atoms with E-state index in [4.69, 9.17) is 21.1 Å². The number of carbonyl (C=O) groups is 1. The molecule has 0 aliphatic carbocycles. The van der Waals surface area contributed by atoms with E-state index in [1.807, 2.05) is 18.2 Å². The fraction of sp³-hybridized carbons (Fsp3) is 0.300. The lowest BCUT2D eigenvalue weighted by Crippen LogP contribution is -2.34. The number of halogens is 1. The number of nitrogens with one attached hydrogen (secondary N) is 2. The molecule has 3 heterocycles. The first-order valence-corrected chi connectivity index (χ1v) is 13.7. The molecule has 2 aromatic heterocycles. The Balaban J connectivity index is 1.22. The smallest absolute Gasteiger partial charge is 0.256 e. The van der Waals surface area contributed by atoms with Gasteiger partial charge in [-0.15, -0.1) is 0 Å². The number of fused-ring (bicyclic) bond motifs is 1. The van der Waals surface area contributed by atoms with Crippen molar-refractivity contribution in [3.05, 3.63) is 78.6 Å². The van der Waals surface area contributed by atoms with Crippen LogP contribution in [0.25, 0.3) is 10.9 Å². The molecule has 0 spiro atoms. The molecule has 5 rings (SSSR count). The number of methoxy groups -OCH3 is 1. The van der Waals surface area contributed by atoms with Crippen molar-refractivity contribution in [2.45, 2.75) is 19.3 Å². The number of rotatable bonds is 10. The van der Waals surface area contributed by atoms with E-state index in [0.717, 1.165) is 49.8 Å². The van der Waals surface area contributed by atoms with E-state index in [1.165, 1.54) is 6.33 Å². The van der Waals surface area contributed by atoms with E-state index in [1.54, 1.807) is 43.6 Å². The second kappa shape index (κ2) is 12.9. The molecule has 10 heteroatoms. The summed E-state index contributed by atoms with van der Waals surface area (Å²) in [5.74, 6) is 2.57. The third-order valence-corrected chi connectivity index (χ3v) is 7.09. The van der Waals surface area contributed by atoms with Crippen molar-refractivity contribution in [2.75, 3.05) is 44.0 Å². The van der Waals surface area contributed by atoms with Crippen molar-refractivity contribution in [1.29, 1.82) is 0 Å². The summed E-state index contributed by atoms with van der Waals surface area (Å²) in [6, 6.07) is 14.0. The molecule has 0 saturated carbocycles. The number of carbonyl (C=O) groups excluding carboxylic acids is 1. The van der Waals surface area contributed by atoms with Gasteiger partial charge < -0.3 is 25.0 Å². The average molecular weight is 560 g/mol. The highest BCUT2D eigenvalue weighted by Gasteiger charge is 2.16. The second-order valence-electron chi connectivity index (χ2n) is 9.75. The van der Waals surface area contributed by atoms with E-state index in [0.29, 0.717) is 51.9 Å². The molecule has 4 aromatic rings. The molecular formula is C30H32ClN6O3. The zero-order valence-electron chi connectivity index (χ0n) is 22.4. The molecule has 0 atom stereocenters. The van der Waals surface area contributed by atoms with Gasteiger partial charge in [0.05, 0.1) is 31.1 Å². The van der Waals surface area contributed by atoms with Crippen LogP contribution >= 0.6 is 11.6 Å². The summed E-state index contributed by atoms with van der Waals surface area (Å²) >= 11 is 5.99. The van der Waals surface area contributed by atoms with Gasteiger partial charge in [0.25, 0.3) is 5.91 Å². The van der Waals surface area contributed by atoms with Gasteiger partial charge in [-0.2, -0.15) is 0 Å². The zero-order valence-corrected chi connectivity index (χ0v) is 23.2. The van der Waals surface area contributed by atoms with Crippen LogP contribution in [0.1, 0.15) is 29.6 Å². The molecule has 0 unspecified atom stereocenters. The number of piperidine rings is 1. The highest BCUT2D eigenvalue weighted by molar-refractivity contribution is 6.31. The summed E-state index contributed by atoms with van der Waals surface area (Å²) in [7, 11) is 1.62. The number of pyridine rings is 1. The Kier molecular flexibility index (Phi) is 8.93. The zero-order chi connectivity index (χ0) is 27.9. The molecule has 40 heavy (non-hydrogen) atoms. The maximum Gasteiger partial charge on any atom is 0.256 e. The Hall–Kier alpha value is -3.95. The minimum absolute atomic E-state index is 0.290. The molecule has 207 valence electrons. The van der Waals surface area contributed by atoms with Crippen molar-refractivity contribution in [3.8, 4) is 11.5 Å². The van der Waals surface area contributed by atoms with E-state index in [2.05, 4.69) is 37.4 Å². The fourth-order valence-corrected chi connectivity index (χ4v) is 4.80. The van der Waals surface area contributed by atoms with Crippen LogP contribution < -0.4 is 20.1 Å². The van der Waals surface area contributed by atoms with Crippen molar-refractivity contribution in [2.24, 2.45) is 5.92 Å². The maximum absolute atomic E-state index is 12.5. The Labute approximate surface area is 238 Å². The van der Waals surface area contributed by atoms with Crippen LogP contribution in [-0.2, 0) is 0 Å². The van der Waals surface area contributed by atoms with Crippen LogP contribution in [-0.4, -0.2) is 59.1 Å². The minimum Gasteiger partial charge on any atom is -0.493 e. The molecule has 1 aliphatic heterocycles. The third-order valence-electron chi connectivity index (χ3n) is 6.86. The Morgan fingerprint density at radius 1 is 1.10 bits per heavy atom. The topological polar surface area (TPSA) is 102 Å². The maximum atomic E-state index is 12.5. The number of ether oxygens (including phenoxy) is 2. The molecule has 1 saturated heterocycles. The van der Waals surface area contributed by atoms with Gasteiger partial charge in [0, 0.05) is 28.6 Å². The van der Waals surface area contributed by atoms with Crippen LogP contribution in [0.15, 0.2) is 61.1 Å². The largest absolute Gasteiger partial charge is 0.493 e. The molecule has 2 N–H and O–H groups in total. The third kappa shape index (κ3) is 6.97.